The molecule has 2 aromatic rings. The van der Waals surface area contributed by atoms with Crippen molar-refractivity contribution in [2.75, 3.05) is 100 Å². The van der Waals surface area contributed by atoms with Gasteiger partial charge >= 0.3 is 23.9 Å². The summed E-state index contributed by atoms with van der Waals surface area (Å²) in [6, 6.07) is 0. The van der Waals surface area contributed by atoms with Crippen LogP contribution in [0.5, 0.6) is 0 Å². The van der Waals surface area contributed by atoms with E-state index in [-0.39, 0.29) is 36.1 Å². The van der Waals surface area contributed by atoms with E-state index in [4.69, 9.17) is 18.9 Å². The molecule has 0 spiro atoms. The molecule has 122 heavy (non-hydrogen) atoms. The first-order chi connectivity index (χ1) is 59.7. The van der Waals surface area contributed by atoms with Gasteiger partial charge in [-0.05, 0) is 192 Å². The molecule has 3 unspecified atom stereocenters. The maximum Gasteiger partial charge on any atom is 0.306 e. The Bertz CT molecular complexity index is 2890. The van der Waals surface area contributed by atoms with Crippen LogP contribution >= 0.6 is 0 Å². The van der Waals surface area contributed by atoms with Crippen molar-refractivity contribution in [2.45, 2.75) is 504 Å². The van der Waals surface area contributed by atoms with Crippen LogP contribution < -0.4 is 43.0 Å². The predicted octanol–water partition coefficient (Wildman–Crippen LogP) is 26.7. The van der Waals surface area contributed by atoms with Gasteiger partial charge in [0.05, 0.1) is 13.2 Å². The standard InChI is InChI=1S/C104H192N6O12/c1-9-16-22-27-37-52-70-90(68-50-26-20-13-5)88-120-94(112)75-59-48-64-84-110(85-65-79-107-98-97(105-8)101(115)102(98)116)83-63-46-34-42-57-76-95(113)121-91(15-7)71-53-40-31-30-32-44-60-78-106-99-100(104(118)103(99)117)108-80-66-86-109(81-61-45-33-41-56-74-93(111)119-87-89(67-49-21-14-6)69-51-36-25-19-12-4)82-62-47-35-43-58-77-96(114)122-92(72-54-38-28-23-17-10-2)73-55-39-29-24-18-11-3/h89-92,105-108H,9-88H2,1-8H3. The summed E-state index contributed by atoms with van der Waals surface area (Å²) in [6.45, 7) is 24.3. The molecule has 3 atom stereocenters. The number of carbonyl (C=O) groups is 4. The van der Waals surface area contributed by atoms with Crippen molar-refractivity contribution in [3.05, 3.63) is 40.9 Å². The van der Waals surface area contributed by atoms with Crippen molar-refractivity contribution in [1.29, 1.82) is 0 Å². The lowest BCUT2D eigenvalue weighted by molar-refractivity contribution is -0.150. The Kier molecular flexibility index (Phi) is 76.0. The maximum absolute atomic E-state index is 13.1. The van der Waals surface area contributed by atoms with E-state index in [1.54, 1.807) is 7.05 Å². The number of ether oxygens (including phenoxy) is 4. The molecule has 710 valence electrons. The average molecular weight is 1720 g/mol. The van der Waals surface area contributed by atoms with E-state index >= 15 is 0 Å². The maximum atomic E-state index is 13.1. The highest BCUT2D eigenvalue weighted by Gasteiger charge is 2.23. The van der Waals surface area contributed by atoms with Crippen molar-refractivity contribution >= 4 is 46.6 Å². The highest BCUT2D eigenvalue weighted by Crippen LogP contribution is 2.26. The van der Waals surface area contributed by atoms with Gasteiger partial charge in [-0.25, -0.2) is 0 Å². The van der Waals surface area contributed by atoms with Crippen LogP contribution in [0, 0.1) is 11.8 Å². The zero-order valence-corrected chi connectivity index (χ0v) is 80.7. The van der Waals surface area contributed by atoms with E-state index in [0.717, 1.165) is 270 Å². The molecule has 0 radical (unpaired) electrons. The Balaban J connectivity index is 1.76. The molecule has 0 heterocycles. The highest BCUT2D eigenvalue weighted by molar-refractivity contribution is 5.75. The van der Waals surface area contributed by atoms with E-state index in [1.165, 1.54) is 186 Å². The summed E-state index contributed by atoms with van der Waals surface area (Å²) in [5, 5.41) is 12.7. The first-order valence-electron chi connectivity index (χ1n) is 52.4. The molecule has 18 heteroatoms. The summed E-state index contributed by atoms with van der Waals surface area (Å²) in [4.78, 5) is 107. The molecular formula is C104H192N6O12. The van der Waals surface area contributed by atoms with E-state index in [1.807, 2.05) is 0 Å². The van der Waals surface area contributed by atoms with Crippen LogP contribution in [-0.4, -0.2) is 125 Å². The number of esters is 4. The summed E-state index contributed by atoms with van der Waals surface area (Å²) < 4.78 is 23.9. The molecule has 0 saturated heterocycles. The quantitative estimate of drug-likeness (QED) is 0.0209. The third kappa shape index (κ3) is 61.5. The molecular weight excluding hydrogens is 1530 g/mol. The van der Waals surface area contributed by atoms with Gasteiger partial charge in [-0.3, -0.25) is 38.4 Å². The summed E-state index contributed by atoms with van der Waals surface area (Å²) in [7, 11) is 1.66. The molecule has 18 nitrogen and oxygen atoms in total. The number of anilines is 4. The van der Waals surface area contributed by atoms with E-state index in [2.05, 4.69) is 79.5 Å². The zero-order valence-electron chi connectivity index (χ0n) is 80.7. The van der Waals surface area contributed by atoms with Crippen LogP contribution in [0.2, 0.25) is 0 Å². The van der Waals surface area contributed by atoms with Crippen molar-refractivity contribution in [1.82, 2.24) is 9.80 Å². The lowest BCUT2D eigenvalue weighted by atomic mass is 9.95. The van der Waals surface area contributed by atoms with Crippen LogP contribution in [0.4, 0.5) is 22.7 Å². The summed E-state index contributed by atoms with van der Waals surface area (Å²) in [5.74, 6) is 0.749. The van der Waals surface area contributed by atoms with Gasteiger partial charge in [0.1, 0.15) is 35.0 Å². The van der Waals surface area contributed by atoms with Gasteiger partial charge in [-0.15, -0.1) is 0 Å². The molecule has 0 saturated carbocycles. The SMILES string of the molecule is CCCCCCCCC(CCCCCC)COC(=O)CCCCCN(CCCCCCCC(=O)OC(CC)CCCCCCCCCNc1c(NCCCN(CCCCCCCC(=O)OCC(CCCCC)CCCCCCC)CCCCCCCC(=O)OC(CCCCCCCC)CCCCCCCC)c(=O)c1=O)CCCNc1c(NC)c(=O)c1=O. The van der Waals surface area contributed by atoms with Gasteiger partial charge in [0.15, 0.2) is 0 Å². The molecule has 0 aliphatic carbocycles. The number of hydrogen-bond donors (Lipinski definition) is 4. The van der Waals surface area contributed by atoms with Crippen LogP contribution in [0.3, 0.4) is 0 Å². The largest absolute Gasteiger partial charge is 0.465 e. The van der Waals surface area contributed by atoms with Crippen LogP contribution in [0.25, 0.3) is 0 Å². The fourth-order valence-electron chi connectivity index (χ4n) is 17.4. The number of nitrogens with one attached hydrogen (secondary N) is 4. The molecule has 0 aromatic heterocycles. The predicted molar refractivity (Wildman–Crippen MR) is 518 cm³/mol. The number of nitrogens with zero attached hydrogens (tertiary/aromatic N) is 2. The minimum atomic E-state index is -0.464. The number of hydrogen-bond acceptors (Lipinski definition) is 18. The molecule has 4 N–H and O–H groups in total. The minimum absolute atomic E-state index is 0.0143. The molecule has 0 aliphatic heterocycles. The third-order valence-corrected chi connectivity index (χ3v) is 25.5. The summed E-state index contributed by atoms with van der Waals surface area (Å²) in [6.07, 6.45) is 75.4. The Labute approximate surface area is 747 Å². The van der Waals surface area contributed by atoms with Crippen LogP contribution in [0.15, 0.2) is 19.2 Å². The highest BCUT2D eigenvalue weighted by atomic mass is 16.6. The number of rotatable bonds is 95. The van der Waals surface area contributed by atoms with Crippen LogP contribution in [0.1, 0.15) is 492 Å². The van der Waals surface area contributed by atoms with Gasteiger partial charge in [-0.2, -0.15) is 0 Å². The van der Waals surface area contributed by atoms with Gasteiger partial charge in [0.25, 0.3) is 21.7 Å². The smallest absolute Gasteiger partial charge is 0.306 e. The van der Waals surface area contributed by atoms with Gasteiger partial charge in [0, 0.05) is 52.4 Å². The fraction of sp³-hybridized carbons (Fsp3) is 0.885. The second kappa shape index (κ2) is 81.9. The van der Waals surface area contributed by atoms with E-state index < -0.39 is 21.7 Å². The molecule has 0 amide bonds. The molecule has 0 aliphatic rings. The normalized spacial score (nSPS) is 12.5. The molecule has 0 fully saturated rings. The molecule has 2 aromatic carbocycles. The van der Waals surface area contributed by atoms with E-state index in [9.17, 15) is 38.4 Å². The molecule has 2 rings (SSSR count). The van der Waals surface area contributed by atoms with E-state index in [0.29, 0.717) is 93.1 Å². The first kappa shape index (κ1) is 113. The van der Waals surface area contributed by atoms with Crippen LogP contribution in [-0.2, 0) is 38.1 Å². The van der Waals surface area contributed by atoms with Crippen molar-refractivity contribution in [3.8, 4) is 0 Å². The second-order valence-corrected chi connectivity index (χ2v) is 36.8. The number of carbonyl (C=O) groups excluding carboxylic acids is 4. The third-order valence-electron chi connectivity index (χ3n) is 25.5. The molecule has 0 bridgehead atoms. The first-order valence-corrected chi connectivity index (χ1v) is 52.4. The Morgan fingerprint density at radius 3 is 0.828 bits per heavy atom. The second-order valence-electron chi connectivity index (χ2n) is 36.8. The Hall–Kier alpha value is -4.84. The van der Waals surface area contributed by atoms with Gasteiger partial charge in [-0.1, -0.05) is 325 Å². The van der Waals surface area contributed by atoms with Gasteiger partial charge in [0.2, 0.25) is 0 Å². The summed E-state index contributed by atoms with van der Waals surface area (Å²) >= 11 is 0. The Morgan fingerprint density at radius 1 is 0.254 bits per heavy atom. The fourth-order valence-corrected chi connectivity index (χ4v) is 17.4. The van der Waals surface area contributed by atoms with Gasteiger partial charge < -0.3 is 50.0 Å². The van der Waals surface area contributed by atoms with Crippen molar-refractivity contribution in [3.63, 3.8) is 0 Å². The topological polar surface area (TPSA) is 228 Å². The monoisotopic (exact) mass is 1720 g/mol. The van der Waals surface area contributed by atoms with Crippen molar-refractivity contribution in [2.24, 2.45) is 11.8 Å². The number of unbranched alkanes of at least 4 members (excludes halogenated alkanes) is 44. The van der Waals surface area contributed by atoms with Crippen molar-refractivity contribution < 1.29 is 38.1 Å². The summed E-state index contributed by atoms with van der Waals surface area (Å²) in [5.41, 5.74) is -0.162. The minimum Gasteiger partial charge on any atom is -0.465 e. The average Bonchev–Trinajstić information content (AvgIpc) is 0.791. The lowest BCUT2D eigenvalue weighted by Crippen LogP contribution is -2.38. The Morgan fingerprint density at radius 2 is 0.484 bits per heavy atom. The lowest BCUT2D eigenvalue weighted by Gasteiger charge is -2.23. The zero-order chi connectivity index (χ0) is 88.6.